The molecule has 1 N–H and O–H groups in total. The number of rotatable bonds is 11. The van der Waals surface area contributed by atoms with Gasteiger partial charge in [-0.15, -0.1) is 11.8 Å². The Hall–Kier alpha value is -2.27. The lowest BCUT2D eigenvalue weighted by Gasteiger charge is -2.25. The number of hydrogen-bond donors (Lipinski definition) is 1. The third-order valence-electron chi connectivity index (χ3n) is 5.92. The van der Waals surface area contributed by atoms with Crippen LogP contribution in [-0.2, 0) is 9.59 Å². The van der Waals surface area contributed by atoms with Gasteiger partial charge in [-0.25, -0.2) is 0 Å². The van der Waals surface area contributed by atoms with Crippen LogP contribution in [0, 0.1) is 0 Å². The zero-order valence-corrected chi connectivity index (χ0v) is 20.4. The maximum atomic E-state index is 12.7. The van der Waals surface area contributed by atoms with Gasteiger partial charge >= 0.3 is 0 Å². The number of unbranched alkanes of at least 4 members (excludes halogenated alkanes) is 5. The van der Waals surface area contributed by atoms with Gasteiger partial charge in [-0.2, -0.15) is 0 Å². The molecule has 0 unspecified atom stereocenters. The first kappa shape index (κ1) is 24.4. The zero-order valence-electron chi connectivity index (χ0n) is 19.6. The zero-order chi connectivity index (χ0) is 22.9. The van der Waals surface area contributed by atoms with E-state index in [0.717, 1.165) is 29.8 Å². The first-order chi connectivity index (χ1) is 15.5. The smallest absolute Gasteiger partial charge is 0.238 e. The molecular formula is C27H36N2O2S. The molecule has 3 rings (SSSR count). The number of hydrogen-bond acceptors (Lipinski definition) is 3. The van der Waals surface area contributed by atoms with Crippen molar-refractivity contribution in [2.24, 2.45) is 0 Å². The number of carbonyl (C=O) groups excluding carboxylic acids is 2. The number of anilines is 2. The van der Waals surface area contributed by atoms with Crippen molar-refractivity contribution in [3.05, 3.63) is 59.7 Å². The molecule has 2 amide bonds. The molecule has 0 saturated carbocycles. The van der Waals surface area contributed by atoms with E-state index in [1.54, 1.807) is 11.8 Å². The predicted octanol–water partition coefficient (Wildman–Crippen LogP) is 7.28. The Bertz CT molecular complexity index is 895. The first-order valence-electron chi connectivity index (χ1n) is 11.9. The minimum absolute atomic E-state index is 0.0638. The maximum Gasteiger partial charge on any atom is 0.238 e. The van der Waals surface area contributed by atoms with Crippen LogP contribution in [0.3, 0.4) is 0 Å². The van der Waals surface area contributed by atoms with Crippen molar-refractivity contribution in [3.8, 4) is 0 Å². The Morgan fingerprint density at radius 3 is 2.50 bits per heavy atom. The molecule has 2 aromatic rings. The third kappa shape index (κ3) is 6.61. The van der Waals surface area contributed by atoms with Gasteiger partial charge < -0.3 is 5.32 Å². The highest BCUT2D eigenvalue weighted by molar-refractivity contribution is 8.00. The molecule has 4 nitrogen and oxygen atoms in total. The van der Waals surface area contributed by atoms with Crippen molar-refractivity contribution in [2.75, 3.05) is 16.0 Å². The highest BCUT2D eigenvalue weighted by Crippen LogP contribution is 2.42. The van der Waals surface area contributed by atoms with Gasteiger partial charge in [-0.05, 0) is 47.7 Å². The molecule has 172 valence electrons. The van der Waals surface area contributed by atoms with Gasteiger partial charge in [-0.1, -0.05) is 77.1 Å². The Kier molecular flexibility index (Phi) is 9.22. The van der Waals surface area contributed by atoms with Crippen molar-refractivity contribution in [3.63, 3.8) is 0 Å². The molecule has 1 aliphatic heterocycles. The number of benzene rings is 2. The van der Waals surface area contributed by atoms with E-state index in [4.69, 9.17) is 0 Å². The summed E-state index contributed by atoms with van der Waals surface area (Å²) < 4.78 is 0. The van der Waals surface area contributed by atoms with Crippen molar-refractivity contribution >= 4 is 35.0 Å². The van der Waals surface area contributed by atoms with Crippen LogP contribution in [0.15, 0.2) is 48.5 Å². The van der Waals surface area contributed by atoms with Crippen molar-refractivity contribution < 1.29 is 9.59 Å². The van der Waals surface area contributed by atoms with Gasteiger partial charge in [-0.3, -0.25) is 14.5 Å². The lowest BCUT2D eigenvalue weighted by molar-refractivity contribution is -0.117. The fourth-order valence-electron chi connectivity index (χ4n) is 4.03. The fraction of sp³-hybridized carbons (Fsp3) is 0.481. The molecule has 1 atom stereocenters. The van der Waals surface area contributed by atoms with Crippen LogP contribution in [0.2, 0.25) is 0 Å². The molecule has 0 bridgehead atoms. The summed E-state index contributed by atoms with van der Waals surface area (Å²) in [5.74, 6) is 1.11. The standard InChI is InChI=1S/C27H36N2O2S/c1-4-5-6-7-8-9-13-25(30)28-23-12-10-11-22(18-23)27-29(26(31)19-32-27)24-16-14-21(15-17-24)20(2)3/h10-12,14-18,20,27H,4-9,13,19H2,1-3H3,(H,28,30)/t27-/m1/s1. The lowest BCUT2D eigenvalue weighted by atomic mass is 10.0. The van der Waals surface area contributed by atoms with Crippen LogP contribution in [0.5, 0.6) is 0 Å². The molecule has 5 heteroatoms. The Labute approximate surface area is 197 Å². The van der Waals surface area contributed by atoms with Gasteiger partial charge in [0.25, 0.3) is 0 Å². The largest absolute Gasteiger partial charge is 0.326 e. The summed E-state index contributed by atoms with van der Waals surface area (Å²) in [7, 11) is 0. The highest BCUT2D eigenvalue weighted by Gasteiger charge is 2.34. The second kappa shape index (κ2) is 12.1. The minimum atomic E-state index is -0.0807. The van der Waals surface area contributed by atoms with Crippen molar-refractivity contribution in [2.45, 2.75) is 77.0 Å². The molecule has 1 heterocycles. The quantitative estimate of drug-likeness (QED) is 0.365. The fourth-order valence-corrected chi connectivity index (χ4v) is 5.20. The molecule has 1 saturated heterocycles. The monoisotopic (exact) mass is 452 g/mol. The van der Waals surface area contributed by atoms with Gasteiger partial charge in [0, 0.05) is 17.8 Å². The van der Waals surface area contributed by atoms with Gasteiger partial charge in [0.15, 0.2) is 0 Å². The van der Waals surface area contributed by atoms with E-state index in [1.807, 2.05) is 41.3 Å². The van der Waals surface area contributed by atoms with Gasteiger partial charge in [0.05, 0.1) is 5.75 Å². The third-order valence-corrected chi connectivity index (χ3v) is 7.13. The normalized spacial score (nSPS) is 16.1. The van der Waals surface area contributed by atoms with E-state index in [2.05, 4.69) is 38.2 Å². The summed E-state index contributed by atoms with van der Waals surface area (Å²) in [5.41, 5.74) is 4.02. The SMILES string of the molecule is CCCCCCCCC(=O)Nc1cccc([C@H]2SCC(=O)N2c2ccc(C(C)C)cc2)c1. The molecule has 0 spiro atoms. The van der Waals surface area contributed by atoms with Crippen LogP contribution in [0.1, 0.15) is 88.1 Å². The van der Waals surface area contributed by atoms with E-state index in [-0.39, 0.29) is 17.2 Å². The highest BCUT2D eigenvalue weighted by atomic mass is 32.2. The summed E-state index contributed by atoms with van der Waals surface area (Å²) in [5, 5.41) is 2.96. The number of nitrogens with one attached hydrogen (secondary N) is 1. The Morgan fingerprint density at radius 1 is 1.06 bits per heavy atom. The predicted molar refractivity (Wildman–Crippen MR) is 136 cm³/mol. The maximum absolute atomic E-state index is 12.7. The minimum Gasteiger partial charge on any atom is -0.326 e. The number of carbonyl (C=O) groups is 2. The van der Waals surface area contributed by atoms with Crippen LogP contribution >= 0.6 is 11.8 Å². The summed E-state index contributed by atoms with van der Waals surface area (Å²) >= 11 is 1.63. The van der Waals surface area contributed by atoms with Crippen LogP contribution in [-0.4, -0.2) is 17.6 Å². The van der Waals surface area contributed by atoms with E-state index < -0.39 is 0 Å². The van der Waals surface area contributed by atoms with Crippen LogP contribution < -0.4 is 10.2 Å². The number of amides is 2. The first-order valence-corrected chi connectivity index (χ1v) is 13.0. The van der Waals surface area contributed by atoms with Crippen molar-refractivity contribution in [1.82, 2.24) is 0 Å². The summed E-state index contributed by atoms with van der Waals surface area (Å²) in [6.45, 7) is 6.55. The van der Waals surface area contributed by atoms with E-state index in [9.17, 15) is 9.59 Å². The van der Waals surface area contributed by atoms with Gasteiger partial charge in [0.2, 0.25) is 11.8 Å². The second-order valence-corrected chi connectivity index (χ2v) is 9.93. The van der Waals surface area contributed by atoms with Crippen molar-refractivity contribution in [1.29, 1.82) is 0 Å². The second-order valence-electron chi connectivity index (χ2n) is 8.86. The molecule has 0 radical (unpaired) electrons. The van der Waals surface area contributed by atoms with E-state index in [1.165, 1.54) is 31.2 Å². The van der Waals surface area contributed by atoms with Gasteiger partial charge in [0.1, 0.15) is 5.37 Å². The van der Waals surface area contributed by atoms with Crippen LogP contribution in [0.4, 0.5) is 11.4 Å². The number of thioether (sulfide) groups is 1. The molecule has 32 heavy (non-hydrogen) atoms. The molecule has 1 fully saturated rings. The van der Waals surface area contributed by atoms with Crippen LogP contribution in [0.25, 0.3) is 0 Å². The molecule has 1 aliphatic rings. The summed E-state index contributed by atoms with van der Waals surface area (Å²) in [6.07, 6.45) is 7.58. The lowest BCUT2D eigenvalue weighted by Crippen LogP contribution is -2.27. The molecule has 2 aromatic carbocycles. The topological polar surface area (TPSA) is 49.4 Å². The Balaban J connectivity index is 1.63. The molecular weight excluding hydrogens is 416 g/mol. The average Bonchev–Trinajstić information content (AvgIpc) is 3.17. The van der Waals surface area contributed by atoms with E-state index >= 15 is 0 Å². The Morgan fingerprint density at radius 2 is 1.78 bits per heavy atom. The summed E-state index contributed by atoms with van der Waals surface area (Å²) in [4.78, 5) is 26.9. The van der Waals surface area contributed by atoms with E-state index in [0.29, 0.717) is 18.1 Å². The molecule has 0 aromatic heterocycles. The number of nitrogens with zero attached hydrogens (tertiary/aromatic N) is 1. The average molecular weight is 453 g/mol. The summed E-state index contributed by atoms with van der Waals surface area (Å²) in [6, 6.07) is 16.2. The molecule has 0 aliphatic carbocycles.